The van der Waals surface area contributed by atoms with Gasteiger partial charge in [-0.3, -0.25) is 10.2 Å². The fraction of sp³-hybridized carbons (Fsp3) is 0.545. The second-order valence-corrected chi connectivity index (χ2v) is 7.34. The summed E-state index contributed by atoms with van der Waals surface area (Å²) < 4.78 is 43.0. The average Bonchev–Trinajstić information content (AvgIpc) is 2.97. The third-order valence-corrected chi connectivity index (χ3v) is 5.31. The molecule has 0 aromatic carbocycles. The smallest absolute Gasteiger partial charge is 0.724 e. The van der Waals surface area contributed by atoms with E-state index in [-0.39, 0.29) is 47.5 Å². The molecule has 1 aromatic rings. The first-order chi connectivity index (χ1) is 11.8. The van der Waals surface area contributed by atoms with Crippen molar-refractivity contribution < 1.29 is 56.3 Å². The Kier molecular flexibility index (Phi) is 6.93. The fourth-order valence-electron chi connectivity index (χ4n) is 2.87. The van der Waals surface area contributed by atoms with E-state index in [4.69, 9.17) is 5.41 Å². The first-order valence-electron chi connectivity index (χ1n) is 7.24. The van der Waals surface area contributed by atoms with Gasteiger partial charge in [-0.05, 0) is 12.7 Å². The molecule has 1 saturated heterocycles. The van der Waals surface area contributed by atoms with Crippen LogP contribution in [0.5, 0.6) is 0 Å². The van der Waals surface area contributed by atoms with Crippen molar-refractivity contribution in [2.75, 3.05) is 6.54 Å². The topological polar surface area (TPSA) is 145 Å². The van der Waals surface area contributed by atoms with Gasteiger partial charge in [0.05, 0.1) is 23.7 Å². The molecule has 1 fully saturated rings. The summed E-state index contributed by atoms with van der Waals surface area (Å²) in [7, 11) is -3.65. The summed E-state index contributed by atoms with van der Waals surface area (Å²) in [6.45, 7) is 0.684. The number of thiazole rings is 1. The number of amides is 2. The molecule has 2 aliphatic heterocycles. The Bertz CT molecular complexity index is 857. The zero-order valence-electron chi connectivity index (χ0n) is 13.8. The minimum Gasteiger partial charge on any atom is -0.724 e. The summed E-state index contributed by atoms with van der Waals surface area (Å²) in [6.07, 6.45) is 1.92. The standard InChI is InChI=1S/C11H14BN4O7S2.Na/c13-6-22-12-2-1-3-15-7-4-14-5-8(9(7)24-11(15)18)16(10(14)17)23-25(19,20)21;/h6,8,13H,1-5H2,(H,19,20,21);/q;+1/p-1. The van der Waals surface area contributed by atoms with Crippen molar-refractivity contribution >= 4 is 41.6 Å². The number of urea groups is 1. The Morgan fingerprint density at radius 2 is 2.15 bits per heavy atom. The summed E-state index contributed by atoms with van der Waals surface area (Å²) >= 11 is 0.909. The number of carbonyl (C=O) groups excluding carboxylic acids is 1. The normalized spacial score (nSPS) is 18.3. The minimum absolute atomic E-state index is 0. The molecule has 1 radical (unpaired) electrons. The molecular formula is C11H13BN4NaO7S2. The van der Waals surface area contributed by atoms with Gasteiger partial charge in [0, 0.05) is 6.54 Å². The van der Waals surface area contributed by atoms with Gasteiger partial charge in [-0.25, -0.2) is 13.2 Å². The number of hydrogen-bond acceptors (Lipinski definition) is 9. The van der Waals surface area contributed by atoms with Crippen LogP contribution in [0.3, 0.4) is 0 Å². The van der Waals surface area contributed by atoms with E-state index in [0.29, 0.717) is 34.9 Å². The Morgan fingerprint density at radius 3 is 2.81 bits per heavy atom. The molecule has 26 heavy (non-hydrogen) atoms. The van der Waals surface area contributed by atoms with E-state index < -0.39 is 22.5 Å². The number of nitrogens with zero attached hydrogens (tertiary/aromatic N) is 3. The maximum Gasteiger partial charge on any atom is 1.00 e. The summed E-state index contributed by atoms with van der Waals surface area (Å²) in [6, 6.07) is -1.52. The molecule has 11 nitrogen and oxygen atoms in total. The van der Waals surface area contributed by atoms with Crippen LogP contribution < -0.4 is 34.4 Å². The molecular weight excluding hydrogens is 398 g/mol. The first-order valence-corrected chi connectivity index (χ1v) is 9.39. The van der Waals surface area contributed by atoms with E-state index in [9.17, 15) is 22.6 Å². The molecule has 0 saturated carbocycles. The summed E-state index contributed by atoms with van der Waals surface area (Å²) in [5.74, 6) is 0. The van der Waals surface area contributed by atoms with Crippen LogP contribution in [0.15, 0.2) is 4.79 Å². The van der Waals surface area contributed by atoms with E-state index in [1.54, 1.807) is 0 Å². The zero-order valence-corrected chi connectivity index (χ0v) is 17.4. The summed E-state index contributed by atoms with van der Waals surface area (Å²) in [5.41, 5.74) is 0.613. The molecule has 3 heterocycles. The average molecular weight is 411 g/mol. The van der Waals surface area contributed by atoms with Crippen molar-refractivity contribution in [3.63, 3.8) is 0 Å². The predicted molar refractivity (Wildman–Crippen MR) is 84.8 cm³/mol. The third kappa shape index (κ3) is 4.32. The van der Waals surface area contributed by atoms with Crippen molar-refractivity contribution in [3.05, 3.63) is 20.2 Å². The Labute approximate surface area is 175 Å². The van der Waals surface area contributed by atoms with Gasteiger partial charge in [0.2, 0.25) is 10.4 Å². The quantitative estimate of drug-likeness (QED) is 0.118. The number of hydroxylamine groups is 2. The molecule has 0 spiro atoms. The third-order valence-electron chi connectivity index (χ3n) is 3.85. The molecule has 1 aromatic heterocycles. The van der Waals surface area contributed by atoms with E-state index in [1.165, 1.54) is 16.9 Å². The number of fused-ring (bicyclic) bond motifs is 4. The van der Waals surface area contributed by atoms with Gasteiger partial charge in [0.25, 0.3) is 0 Å². The van der Waals surface area contributed by atoms with Crippen molar-refractivity contribution in [1.82, 2.24) is 14.5 Å². The van der Waals surface area contributed by atoms with Crippen LogP contribution in [0.4, 0.5) is 4.79 Å². The molecule has 2 amide bonds. The SMILES string of the molecule is N=CO[B]CCCn1c2c(sc1=O)C1CN(C2)C(=O)N1OS(=O)(=O)[O-].[Na+]. The van der Waals surface area contributed by atoms with Crippen LogP contribution in [0, 0.1) is 5.41 Å². The largest absolute Gasteiger partial charge is 1.00 e. The van der Waals surface area contributed by atoms with E-state index in [2.05, 4.69) is 8.94 Å². The predicted octanol–water partition coefficient (Wildman–Crippen LogP) is -3.35. The van der Waals surface area contributed by atoms with Crippen molar-refractivity contribution in [2.45, 2.75) is 31.9 Å². The maximum absolute atomic E-state index is 12.2. The van der Waals surface area contributed by atoms with Gasteiger partial charge in [-0.1, -0.05) is 11.3 Å². The zero-order chi connectivity index (χ0) is 18.2. The van der Waals surface area contributed by atoms with Crippen molar-refractivity contribution in [3.8, 4) is 0 Å². The molecule has 2 aliphatic rings. The molecule has 1 unspecified atom stereocenters. The van der Waals surface area contributed by atoms with E-state index in [0.717, 1.165) is 17.7 Å². The van der Waals surface area contributed by atoms with E-state index >= 15 is 0 Å². The Hall–Kier alpha value is -0.895. The van der Waals surface area contributed by atoms with Crippen molar-refractivity contribution in [1.29, 1.82) is 5.41 Å². The molecule has 135 valence electrons. The number of nitrogens with one attached hydrogen (secondary N) is 1. The molecule has 0 aliphatic carbocycles. The van der Waals surface area contributed by atoms with Crippen LogP contribution in [0.1, 0.15) is 23.0 Å². The van der Waals surface area contributed by atoms with E-state index in [1.807, 2.05) is 0 Å². The molecule has 15 heteroatoms. The van der Waals surface area contributed by atoms with Gasteiger partial charge in [-0.2, -0.15) is 9.35 Å². The summed E-state index contributed by atoms with van der Waals surface area (Å²) in [5, 5.41) is 7.26. The number of carbonyl (C=O) groups is 1. The number of rotatable bonds is 8. The fourth-order valence-corrected chi connectivity index (χ4v) is 4.33. The van der Waals surface area contributed by atoms with Gasteiger partial charge >= 0.3 is 47.9 Å². The first kappa shape index (κ1) is 21.4. The van der Waals surface area contributed by atoms with Crippen LogP contribution in [-0.4, -0.2) is 54.0 Å². The molecule has 1 atom stereocenters. The van der Waals surface area contributed by atoms with Crippen LogP contribution >= 0.6 is 11.3 Å². The van der Waals surface area contributed by atoms with Gasteiger partial charge < -0.3 is 18.7 Å². The minimum atomic E-state index is -5.10. The monoisotopic (exact) mass is 411 g/mol. The van der Waals surface area contributed by atoms with Gasteiger partial charge in [0.15, 0.2) is 0 Å². The van der Waals surface area contributed by atoms with Crippen molar-refractivity contribution in [2.24, 2.45) is 0 Å². The molecule has 1 N–H and O–H groups in total. The molecule has 2 bridgehead atoms. The second kappa shape index (κ2) is 8.41. The Balaban J connectivity index is 0.00000243. The second-order valence-electron chi connectivity index (χ2n) is 5.38. The molecule has 3 rings (SSSR count). The van der Waals surface area contributed by atoms with Crippen LogP contribution in [0.2, 0.25) is 6.32 Å². The summed E-state index contributed by atoms with van der Waals surface area (Å²) in [4.78, 5) is 26.0. The Morgan fingerprint density at radius 1 is 1.42 bits per heavy atom. The van der Waals surface area contributed by atoms with Crippen LogP contribution in [-0.2, 0) is 32.4 Å². The van der Waals surface area contributed by atoms with Gasteiger partial charge in [0.1, 0.15) is 12.4 Å². The van der Waals surface area contributed by atoms with Gasteiger partial charge in [-0.15, -0.1) is 0 Å². The number of hydrogen-bond donors (Lipinski definition) is 1. The number of aromatic nitrogens is 1. The maximum atomic E-state index is 12.2. The van der Waals surface area contributed by atoms with Crippen LogP contribution in [0.25, 0.3) is 0 Å².